The molecule has 0 N–H and O–H groups in total. The minimum Gasteiger partial charge on any atom is -0.166 e. The molecule has 1 radical (unpaired) electrons. The molecule has 0 saturated heterocycles. The molecule has 0 aliphatic carbocycles. The molecule has 4 heteroatoms. The summed E-state index contributed by atoms with van der Waals surface area (Å²) in [6.45, 7) is 0. The topological polar surface area (TPSA) is 9.23 Å². The van der Waals surface area contributed by atoms with Gasteiger partial charge in [-0.2, -0.15) is 3.84 Å². The molecule has 0 aromatic heterocycles. The van der Waals surface area contributed by atoms with Gasteiger partial charge in [-0.1, -0.05) is 0 Å². The van der Waals surface area contributed by atoms with E-state index < -0.39 is 0 Å². The van der Waals surface area contributed by atoms with Crippen LogP contribution in [0.1, 0.15) is 0 Å². The van der Waals surface area contributed by atoms with Crippen LogP contribution in [-0.2, 0) is 29.7 Å². The van der Waals surface area contributed by atoms with Crippen molar-refractivity contribution in [1.82, 2.24) is 0 Å². The molecule has 0 aromatic carbocycles. The first-order valence-corrected chi connectivity index (χ1v) is 0.926. The molecular weight excluding hydrogens is 132 g/mol. The first-order valence-electron chi connectivity index (χ1n) is 0.309. The van der Waals surface area contributed by atoms with Crippen LogP contribution in [0.15, 0.2) is 0 Å². The Balaban J connectivity index is 0. The average Bonchev–Trinajstić information content (AvgIpc) is 0.918. The van der Waals surface area contributed by atoms with Gasteiger partial charge in [-0.15, -0.1) is 0 Å². The zero-order chi connectivity index (χ0) is 2.71. The third-order valence-electron chi connectivity index (χ3n) is 0. The Labute approximate surface area is 53.3 Å². The molecular formula is Cl2OSc. The van der Waals surface area contributed by atoms with Crippen molar-refractivity contribution in [3.8, 4) is 0 Å². The van der Waals surface area contributed by atoms with Crippen molar-refractivity contribution in [1.29, 1.82) is 0 Å². The van der Waals surface area contributed by atoms with Gasteiger partial charge >= 0.3 is 0 Å². The predicted molar refractivity (Wildman–Crippen MR) is 12.8 cm³/mol. The molecule has 0 bridgehead atoms. The van der Waals surface area contributed by atoms with Gasteiger partial charge in [-0.25, -0.2) is 0 Å². The summed E-state index contributed by atoms with van der Waals surface area (Å²) in [7, 11) is 0. The zero-order valence-corrected chi connectivity index (χ0v) is 5.06. The Hall–Kier alpha value is 1.41. The van der Waals surface area contributed by atoms with Crippen LogP contribution in [0.5, 0.6) is 0 Å². The van der Waals surface area contributed by atoms with E-state index in [0.29, 0.717) is 0 Å². The van der Waals surface area contributed by atoms with E-state index in [2.05, 4.69) is 27.6 Å². The molecule has 0 fully saturated rings. The van der Waals surface area contributed by atoms with E-state index in [1.54, 1.807) is 0 Å². The van der Waals surface area contributed by atoms with Crippen LogP contribution in [0.2, 0.25) is 0 Å². The smallest absolute Gasteiger partial charge is 0.0832 e. The van der Waals surface area contributed by atoms with Crippen LogP contribution in [0.3, 0.4) is 0 Å². The van der Waals surface area contributed by atoms with Gasteiger partial charge in [0.25, 0.3) is 0 Å². The minimum absolute atomic E-state index is 0. The first kappa shape index (κ1) is 9.05. The van der Waals surface area contributed by atoms with E-state index in [9.17, 15) is 0 Å². The Bertz CT molecular complexity index is 6.00. The van der Waals surface area contributed by atoms with Gasteiger partial charge in [0.2, 0.25) is 0 Å². The van der Waals surface area contributed by atoms with Crippen molar-refractivity contribution in [2.45, 2.75) is 0 Å². The SMILES string of the molecule is ClOCl.[Sc]. The van der Waals surface area contributed by atoms with E-state index in [1.807, 2.05) is 0 Å². The second-order valence-corrected chi connectivity index (χ2v) is 0.525. The molecule has 0 aliphatic rings. The quantitative estimate of drug-likeness (QED) is 0.482. The predicted octanol–water partition coefficient (Wildman–Crippen LogP) is 1.31. The maximum atomic E-state index is 4.26. The van der Waals surface area contributed by atoms with Crippen LogP contribution < -0.4 is 0 Å². The number of hydrogen-bond donors (Lipinski definition) is 0. The number of hydrogen-bond acceptors (Lipinski definition) is 1. The molecule has 0 aromatic rings. The summed E-state index contributed by atoms with van der Waals surface area (Å²) < 4.78 is 3.19. The van der Waals surface area contributed by atoms with E-state index in [1.165, 1.54) is 0 Å². The summed E-state index contributed by atoms with van der Waals surface area (Å²) in [5.41, 5.74) is 0. The van der Waals surface area contributed by atoms with Gasteiger partial charge in [-0.3, -0.25) is 0 Å². The molecule has 0 saturated carbocycles. The minimum atomic E-state index is 0. The van der Waals surface area contributed by atoms with Gasteiger partial charge in [0.15, 0.2) is 0 Å². The van der Waals surface area contributed by atoms with Gasteiger partial charge in [0, 0.05) is 25.8 Å². The molecule has 0 aliphatic heterocycles. The molecule has 23 valence electrons. The summed E-state index contributed by atoms with van der Waals surface area (Å²) in [6.07, 6.45) is 0. The van der Waals surface area contributed by atoms with Crippen LogP contribution in [0.25, 0.3) is 0 Å². The summed E-state index contributed by atoms with van der Waals surface area (Å²) in [5.74, 6) is 0. The Morgan fingerprint density at radius 2 is 1.25 bits per heavy atom. The summed E-state index contributed by atoms with van der Waals surface area (Å²) in [4.78, 5) is 0. The molecule has 0 amide bonds. The van der Waals surface area contributed by atoms with Crippen molar-refractivity contribution in [2.24, 2.45) is 0 Å². The molecule has 1 nitrogen and oxygen atoms in total. The third kappa shape index (κ3) is 9.96. The fourth-order valence-corrected chi connectivity index (χ4v) is 0. The van der Waals surface area contributed by atoms with Crippen molar-refractivity contribution in [2.75, 3.05) is 0 Å². The monoisotopic (exact) mass is 131 g/mol. The largest absolute Gasteiger partial charge is 0.166 e. The molecule has 0 atom stereocenters. The molecule has 0 rings (SSSR count). The van der Waals surface area contributed by atoms with Crippen LogP contribution >= 0.6 is 23.7 Å². The van der Waals surface area contributed by atoms with Crippen LogP contribution in [0, 0.1) is 0 Å². The fraction of sp³-hybridized carbons (Fsp3) is 0. The van der Waals surface area contributed by atoms with E-state index in [0.717, 1.165) is 0 Å². The van der Waals surface area contributed by atoms with Crippen LogP contribution in [-0.4, -0.2) is 0 Å². The Kier molecular flexibility index (Phi) is 20.0. The van der Waals surface area contributed by atoms with Gasteiger partial charge in [-0.05, 0) is 0 Å². The molecule has 0 heterocycles. The molecule has 0 unspecified atom stereocenters. The van der Waals surface area contributed by atoms with Gasteiger partial charge in [0.1, 0.15) is 0 Å². The molecule has 4 heavy (non-hydrogen) atoms. The van der Waals surface area contributed by atoms with E-state index in [4.69, 9.17) is 0 Å². The zero-order valence-electron chi connectivity index (χ0n) is 1.74. The van der Waals surface area contributed by atoms with E-state index in [-0.39, 0.29) is 25.8 Å². The summed E-state index contributed by atoms with van der Waals surface area (Å²) in [6, 6.07) is 0. The average molecular weight is 132 g/mol. The summed E-state index contributed by atoms with van der Waals surface area (Å²) >= 11 is 8.53. The summed E-state index contributed by atoms with van der Waals surface area (Å²) in [5, 5.41) is 0. The van der Waals surface area contributed by atoms with Gasteiger partial charge < -0.3 is 0 Å². The second kappa shape index (κ2) is 8.83. The van der Waals surface area contributed by atoms with E-state index >= 15 is 0 Å². The maximum Gasteiger partial charge on any atom is 0.0832 e. The Morgan fingerprint density at radius 1 is 1.25 bits per heavy atom. The second-order valence-electron chi connectivity index (χ2n) is 0.0583. The first-order chi connectivity index (χ1) is 1.41. The fourth-order valence-electron chi connectivity index (χ4n) is 0. The standard InChI is InChI=1S/Cl2O.Sc/c1-3-2;. The number of halogens is 2. The van der Waals surface area contributed by atoms with Gasteiger partial charge in [0.05, 0.1) is 23.7 Å². The number of rotatable bonds is 0. The normalized spacial score (nSPS) is 4.50. The van der Waals surface area contributed by atoms with Crippen molar-refractivity contribution >= 4 is 23.7 Å². The van der Waals surface area contributed by atoms with Crippen LogP contribution in [0.4, 0.5) is 0 Å². The van der Waals surface area contributed by atoms with Crippen molar-refractivity contribution in [3.63, 3.8) is 0 Å². The molecule has 0 spiro atoms. The third-order valence-corrected chi connectivity index (χ3v) is 0. The maximum absolute atomic E-state index is 4.26. The van der Waals surface area contributed by atoms with Crippen molar-refractivity contribution < 1.29 is 29.7 Å². The van der Waals surface area contributed by atoms with Crippen molar-refractivity contribution in [3.05, 3.63) is 0 Å². The Morgan fingerprint density at radius 3 is 1.25 bits per heavy atom.